The average Bonchev–Trinajstić information content (AvgIpc) is 3.30. The summed E-state index contributed by atoms with van der Waals surface area (Å²) in [5, 5.41) is 7.52. The second-order valence-electron chi connectivity index (χ2n) is 15.1. The second-order valence-corrected chi connectivity index (χ2v) is 15.1. The topological polar surface area (TPSA) is 3.24 Å². The number of para-hydroxylation sites is 1. The predicted molar refractivity (Wildman–Crippen MR) is 256 cm³/mol. The van der Waals surface area contributed by atoms with Crippen molar-refractivity contribution in [3.63, 3.8) is 0 Å². The van der Waals surface area contributed by atoms with Crippen LogP contribution in [0.25, 0.3) is 43.5 Å². The molecule has 0 aliphatic heterocycles. The van der Waals surface area contributed by atoms with Gasteiger partial charge in [-0.1, -0.05) is 207 Å². The molecule has 1 unspecified atom stereocenters. The smallest absolute Gasteiger partial charge is 0.0451 e. The maximum atomic E-state index is 4.53. The van der Waals surface area contributed by atoms with Crippen molar-refractivity contribution in [1.82, 2.24) is 0 Å². The van der Waals surface area contributed by atoms with Crippen molar-refractivity contribution in [2.45, 2.75) is 25.7 Å². The van der Waals surface area contributed by atoms with Gasteiger partial charge in [0.05, 0.1) is 0 Å². The number of fused-ring (bicyclic) bond motifs is 4. The van der Waals surface area contributed by atoms with Crippen LogP contribution < -0.4 is 4.90 Å². The molecule has 59 heavy (non-hydrogen) atoms. The Bertz CT molecular complexity index is 2860. The molecule has 0 N–H and O–H groups in total. The SMILES string of the molecule is C=C\C=C(C(=C/Cc1cc2ccccc2c2ccccc12)/C=C(\C)N(/C=C/C(CC(=C)c1ccccc1)c1ccccc1)c1ccccc1)\c1ccc2ccccc2c1. The zero-order valence-electron chi connectivity index (χ0n) is 33.7. The van der Waals surface area contributed by atoms with Crippen LogP contribution in [0.2, 0.25) is 0 Å². The van der Waals surface area contributed by atoms with E-state index in [-0.39, 0.29) is 5.92 Å². The molecule has 0 saturated carbocycles. The van der Waals surface area contributed by atoms with Gasteiger partial charge < -0.3 is 4.90 Å². The molecular formula is C58H49N. The van der Waals surface area contributed by atoms with E-state index in [0.717, 1.165) is 46.5 Å². The summed E-state index contributed by atoms with van der Waals surface area (Å²) >= 11 is 0. The van der Waals surface area contributed by atoms with Crippen LogP contribution in [0.3, 0.4) is 0 Å². The fourth-order valence-electron chi connectivity index (χ4n) is 8.14. The zero-order valence-corrected chi connectivity index (χ0v) is 33.7. The number of rotatable bonds is 14. The molecule has 8 rings (SSSR count). The molecule has 0 aliphatic carbocycles. The third kappa shape index (κ3) is 9.01. The molecule has 8 aromatic rings. The van der Waals surface area contributed by atoms with E-state index in [1.807, 2.05) is 6.08 Å². The van der Waals surface area contributed by atoms with Crippen molar-refractivity contribution >= 4 is 49.2 Å². The molecule has 0 fully saturated rings. The minimum absolute atomic E-state index is 0.118. The summed E-state index contributed by atoms with van der Waals surface area (Å²) in [7, 11) is 0. The first-order chi connectivity index (χ1) is 29.1. The molecule has 0 amide bonds. The summed E-state index contributed by atoms with van der Waals surface area (Å²) in [6, 6.07) is 67.1. The van der Waals surface area contributed by atoms with E-state index in [1.54, 1.807) is 0 Å². The molecule has 0 radical (unpaired) electrons. The van der Waals surface area contributed by atoms with E-state index >= 15 is 0 Å². The Kier molecular flexibility index (Phi) is 12.0. The molecule has 1 heteroatoms. The van der Waals surface area contributed by atoms with Gasteiger partial charge in [-0.2, -0.15) is 0 Å². The van der Waals surface area contributed by atoms with Crippen LogP contribution in [0.1, 0.15) is 41.5 Å². The normalized spacial score (nSPS) is 12.9. The second kappa shape index (κ2) is 18.4. The standard InChI is InChI=1S/C58H49N/c1-4-20-55(52-34-33-47-25-14-15-26-48(47)41-52)51(35-36-53-42-50-27-16-17-30-56(50)58-32-19-18-31-57(53)58)40-44(3)59(54-28-12-7-13-29-54)38-37-49(46-23-10-6-11-24-46)39-43(2)45-21-8-5-9-22-45/h4-35,37-38,40-42,49H,1-2,36,39H2,3H3/b38-37+,44-40+,51-35+,55-20+. The lowest BCUT2D eigenvalue weighted by Gasteiger charge is -2.24. The van der Waals surface area contributed by atoms with Crippen molar-refractivity contribution < 1.29 is 0 Å². The van der Waals surface area contributed by atoms with Crippen LogP contribution in [0, 0.1) is 0 Å². The van der Waals surface area contributed by atoms with Crippen LogP contribution >= 0.6 is 0 Å². The molecule has 0 saturated heterocycles. The van der Waals surface area contributed by atoms with Gasteiger partial charge in [-0.25, -0.2) is 0 Å². The number of allylic oxidation sites excluding steroid dienone is 9. The van der Waals surface area contributed by atoms with Crippen LogP contribution in [0.15, 0.2) is 249 Å². The van der Waals surface area contributed by atoms with Crippen LogP contribution in [-0.4, -0.2) is 0 Å². The highest BCUT2D eigenvalue weighted by molar-refractivity contribution is 6.09. The van der Waals surface area contributed by atoms with Crippen LogP contribution in [0.5, 0.6) is 0 Å². The average molecular weight is 760 g/mol. The van der Waals surface area contributed by atoms with Crippen molar-refractivity contribution in [3.8, 4) is 0 Å². The van der Waals surface area contributed by atoms with Gasteiger partial charge in [0.25, 0.3) is 0 Å². The number of anilines is 1. The van der Waals surface area contributed by atoms with Crippen LogP contribution in [0.4, 0.5) is 5.69 Å². The maximum Gasteiger partial charge on any atom is 0.0451 e. The highest BCUT2D eigenvalue weighted by Crippen LogP contribution is 2.34. The lowest BCUT2D eigenvalue weighted by atomic mass is 9.89. The highest BCUT2D eigenvalue weighted by atomic mass is 15.1. The summed E-state index contributed by atoms with van der Waals surface area (Å²) in [5.74, 6) is 0.118. The lowest BCUT2D eigenvalue weighted by molar-refractivity contribution is 0.871. The van der Waals surface area contributed by atoms with Crippen molar-refractivity contribution in [3.05, 3.63) is 271 Å². The molecule has 1 nitrogen and oxygen atoms in total. The molecule has 286 valence electrons. The number of hydrogen-bond acceptors (Lipinski definition) is 1. The molecule has 0 aliphatic rings. The Balaban J connectivity index is 1.25. The zero-order chi connectivity index (χ0) is 40.4. The van der Waals surface area contributed by atoms with Gasteiger partial charge in [-0.15, -0.1) is 0 Å². The first-order valence-corrected chi connectivity index (χ1v) is 20.5. The van der Waals surface area contributed by atoms with Gasteiger partial charge in [-0.3, -0.25) is 0 Å². The van der Waals surface area contributed by atoms with Crippen molar-refractivity contribution in [2.75, 3.05) is 4.90 Å². The molecule has 8 aromatic carbocycles. The fraction of sp³-hybridized carbons (Fsp3) is 0.0690. The quantitative estimate of drug-likeness (QED) is 0.0788. The third-order valence-corrected chi connectivity index (χ3v) is 11.2. The lowest BCUT2D eigenvalue weighted by Crippen LogP contribution is -2.14. The van der Waals surface area contributed by atoms with Gasteiger partial charge >= 0.3 is 0 Å². The van der Waals surface area contributed by atoms with E-state index in [0.29, 0.717) is 0 Å². The highest BCUT2D eigenvalue weighted by Gasteiger charge is 2.15. The molecule has 0 bridgehead atoms. The Labute approximate surface area is 349 Å². The van der Waals surface area contributed by atoms with Crippen molar-refractivity contribution in [1.29, 1.82) is 0 Å². The number of nitrogens with zero attached hydrogens (tertiary/aromatic N) is 1. The van der Waals surface area contributed by atoms with E-state index < -0.39 is 0 Å². The first-order valence-electron chi connectivity index (χ1n) is 20.5. The Hall–Kier alpha value is -7.22. The van der Waals surface area contributed by atoms with Crippen LogP contribution in [-0.2, 0) is 6.42 Å². The minimum atomic E-state index is 0.118. The maximum absolute atomic E-state index is 4.53. The summed E-state index contributed by atoms with van der Waals surface area (Å²) < 4.78 is 0. The van der Waals surface area contributed by atoms with Gasteiger partial charge in [0.1, 0.15) is 0 Å². The Morgan fingerprint density at radius 1 is 0.593 bits per heavy atom. The predicted octanol–water partition coefficient (Wildman–Crippen LogP) is 15.7. The van der Waals surface area contributed by atoms with Gasteiger partial charge in [0.2, 0.25) is 0 Å². The number of benzene rings is 8. The van der Waals surface area contributed by atoms with Gasteiger partial charge in [-0.05, 0) is 115 Å². The molecule has 1 atom stereocenters. The number of hydrogen-bond donors (Lipinski definition) is 0. The minimum Gasteiger partial charge on any atom is -0.321 e. The van der Waals surface area contributed by atoms with E-state index in [1.165, 1.54) is 49.0 Å². The molecular weight excluding hydrogens is 711 g/mol. The Morgan fingerprint density at radius 2 is 1.20 bits per heavy atom. The van der Waals surface area contributed by atoms with E-state index in [9.17, 15) is 0 Å². The summed E-state index contributed by atoms with van der Waals surface area (Å²) in [6.07, 6.45) is 14.9. The van der Waals surface area contributed by atoms with E-state index in [2.05, 4.69) is 244 Å². The first kappa shape index (κ1) is 38.6. The molecule has 0 spiro atoms. The van der Waals surface area contributed by atoms with E-state index in [4.69, 9.17) is 0 Å². The monoisotopic (exact) mass is 759 g/mol. The largest absolute Gasteiger partial charge is 0.321 e. The molecule has 0 aromatic heterocycles. The Morgan fingerprint density at radius 3 is 1.93 bits per heavy atom. The summed E-state index contributed by atoms with van der Waals surface area (Å²) in [6.45, 7) is 10.9. The van der Waals surface area contributed by atoms with Gasteiger partial charge in [0.15, 0.2) is 0 Å². The summed E-state index contributed by atoms with van der Waals surface area (Å²) in [4.78, 5) is 2.31. The third-order valence-electron chi connectivity index (χ3n) is 11.2. The summed E-state index contributed by atoms with van der Waals surface area (Å²) in [5.41, 5.74) is 10.4. The van der Waals surface area contributed by atoms with Crippen molar-refractivity contribution in [2.24, 2.45) is 0 Å². The fourth-order valence-corrected chi connectivity index (χ4v) is 8.14. The van der Waals surface area contributed by atoms with Gasteiger partial charge in [0, 0.05) is 23.5 Å². The molecule has 0 heterocycles.